The molecule has 1 amide bonds. The number of nitrogens with zero attached hydrogens (tertiary/aromatic N) is 3. The van der Waals surface area contributed by atoms with E-state index in [-0.39, 0.29) is 5.91 Å². The number of amides is 1. The zero-order valence-corrected chi connectivity index (χ0v) is 17.4. The number of fused-ring (bicyclic) bond motifs is 1. The molecule has 3 aromatic rings. The molecule has 2 aromatic heterocycles. The fourth-order valence-electron chi connectivity index (χ4n) is 3.92. The van der Waals surface area contributed by atoms with E-state index in [2.05, 4.69) is 11.2 Å². The molecule has 4 rings (SSSR count). The van der Waals surface area contributed by atoms with E-state index in [4.69, 9.17) is 4.42 Å². The van der Waals surface area contributed by atoms with Crippen LogP contribution in [-0.4, -0.2) is 32.9 Å². The topological polar surface area (TPSA) is 51.3 Å². The van der Waals surface area contributed by atoms with E-state index in [1.807, 2.05) is 50.3 Å². The van der Waals surface area contributed by atoms with Crippen LogP contribution in [0.15, 0.2) is 41.1 Å². The van der Waals surface area contributed by atoms with Crippen molar-refractivity contribution < 1.29 is 9.21 Å². The minimum absolute atomic E-state index is 0.0701. The summed E-state index contributed by atoms with van der Waals surface area (Å²) >= 11 is 1.98. The molecule has 0 unspecified atom stereocenters. The fraction of sp³-hybridized carbons (Fsp3) is 0.455. The van der Waals surface area contributed by atoms with Gasteiger partial charge in [-0.05, 0) is 18.9 Å². The molecule has 148 valence electrons. The summed E-state index contributed by atoms with van der Waals surface area (Å²) in [5.74, 6) is 1.24. The zero-order chi connectivity index (χ0) is 19.5. The van der Waals surface area contributed by atoms with Gasteiger partial charge in [0, 0.05) is 54.4 Å². The number of benzene rings is 1. The van der Waals surface area contributed by atoms with Gasteiger partial charge in [-0.15, -0.1) is 0 Å². The SMILES string of the molecule is CN(Cc1cnn(C)c1)C(=O)c1oc2ccccc2c1CSC1CCCCC1. The van der Waals surface area contributed by atoms with Gasteiger partial charge in [0.2, 0.25) is 0 Å². The second kappa shape index (κ2) is 8.43. The molecule has 1 fully saturated rings. The quantitative estimate of drug-likeness (QED) is 0.587. The van der Waals surface area contributed by atoms with E-state index >= 15 is 0 Å². The fourth-order valence-corrected chi connectivity index (χ4v) is 5.28. The molecule has 1 aliphatic carbocycles. The molecular weight excluding hydrogens is 370 g/mol. The Morgan fingerprint density at radius 1 is 1.29 bits per heavy atom. The molecule has 5 nitrogen and oxygen atoms in total. The Bertz CT molecular complexity index is 956. The number of aryl methyl sites for hydroxylation is 1. The largest absolute Gasteiger partial charge is 0.451 e. The van der Waals surface area contributed by atoms with Gasteiger partial charge >= 0.3 is 0 Å². The van der Waals surface area contributed by atoms with E-state index in [9.17, 15) is 4.79 Å². The molecule has 2 heterocycles. The molecule has 1 aliphatic rings. The number of hydrogen-bond donors (Lipinski definition) is 0. The van der Waals surface area contributed by atoms with Crippen LogP contribution >= 0.6 is 11.8 Å². The number of thioether (sulfide) groups is 1. The highest BCUT2D eigenvalue weighted by Crippen LogP contribution is 2.35. The van der Waals surface area contributed by atoms with E-state index in [1.54, 1.807) is 15.8 Å². The highest BCUT2D eigenvalue weighted by atomic mass is 32.2. The summed E-state index contributed by atoms with van der Waals surface area (Å²) in [7, 11) is 3.70. The van der Waals surface area contributed by atoms with Crippen molar-refractivity contribution in [2.75, 3.05) is 7.05 Å². The van der Waals surface area contributed by atoms with Gasteiger partial charge in [-0.1, -0.05) is 37.5 Å². The standard InChI is InChI=1S/C22H27N3O2S/c1-24(13-16-12-23-25(2)14-16)22(26)21-19(15-28-17-8-4-3-5-9-17)18-10-6-7-11-20(18)27-21/h6-7,10-12,14,17H,3-5,8-9,13,15H2,1-2H3. The van der Waals surface area contributed by atoms with Gasteiger partial charge in [0.1, 0.15) is 5.58 Å². The summed E-state index contributed by atoms with van der Waals surface area (Å²) in [4.78, 5) is 14.9. The Labute approximate surface area is 170 Å². The van der Waals surface area contributed by atoms with Gasteiger partial charge in [-0.3, -0.25) is 9.48 Å². The second-order valence-electron chi connectivity index (χ2n) is 7.66. The summed E-state index contributed by atoms with van der Waals surface area (Å²) < 4.78 is 7.79. The van der Waals surface area contributed by atoms with E-state index in [0.29, 0.717) is 17.6 Å². The maximum Gasteiger partial charge on any atom is 0.289 e. The van der Waals surface area contributed by atoms with Crippen LogP contribution in [0.4, 0.5) is 0 Å². The minimum Gasteiger partial charge on any atom is -0.451 e. The third-order valence-electron chi connectivity index (χ3n) is 5.43. The van der Waals surface area contributed by atoms with Crippen LogP contribution in [0.2, 0.25) is 0 Å². The monoisotopic (exact) mass is 397 g/mol. The molecule has 0 radical (unpaired) electrons. The van der Waals surface area contributed by atoms with Gasteiger partial charge in [0.15, 0.2) is 5.76 Å². The van der Waals surface area contributed by atoms with Crippen molar-refractivity contribution in [1.82, 2.24) is 14.7 Å². The van der Waals surface area contributed by atoms with Crippen LogP contribution < -0.4 is 0 Å². The number of rotatable bonds is 6. The number of furan rings is 1. The predicted octanol–water partition coefficient (Wildman–Crippen LogP) is 5.00. The van der Waals surface area contributed by atoms with Gasteiger partial charge in [-0.25, -0.2) is 0 Å². The lowest BCUT2D eigenvalue weighted by Gasteiger charge is -2.21. The average molecular weight is 398 g/mol. The highest BCUT2D eigenvalue weighted by Gasteiger charge is 2.25. The Balaban J connectivity index is 1.56. The number of hydrogen-bond acceptors (Lipinski definition) is 4. The van der Waals surface area contributed by atoms with Crippen molar-refractivity contribution in [1.29, 1.82) is 0 Å². The summed E-state index contributed by atoms with van der Waals surface area (Å²) in [5, 5.41) is 5.94. The van der Waals surface area contributed by atoms with E-state index in [0.717, 1.165) is 27.8 Å². The Morgan fingerprint density at radius 3 is 2.82 bits per heavy atom. The third-order valence-corrected chi connectivity index (χ3v) is 6.83. The summed E-state index contributed by atoms with van der Waals surface area (Å²) in [5.41, 5.74) is 2.83. The van der Waals surface area contributed by atoms with Crippen molar-refractivity contribution in [2.24, 2.45) is 7.05 Å². The van der Waals surface area contributed by atoms with Crippen molar-refractivity contribution in [3.8, 4) is 0 Å². The number of carbonyl (C=O) groups excluding carboxylic acids is 1. The molecule has 0 N–H and O–H groups in total. The van der Waals surface area contributed by atoms with Crippen LogP contribution in [0.1, 0.15) is 53.8 Å². The highest BCUT2D eigenvalue weighted by molar-refractivity contribution is 7.99. The normalized spacial score (nSPS) is 15.2. The van der Waals surface area contributed by atoms with Gasteiger partial charge in [0.05, 0.1) is 6.20 Å². The zero-order valence-electron chi connectivity index (χ0n) is 16.6. The lowest BCUT2D eigenvalue weighted by molar-refractivity contribution is 0.0754. The number of carbonyl (C=O) groups is 1. The maximum atomic E-state index is 13.2. The van der Waals surface area contributed by atoms with E-state index < -0.39 is 0 Å². The van der Waals surface area contributed by atoms with Crippen LogP contribution in [0, 0.1) is 0 Å². The van der Waals surface area contributed by atoms with Crippen LogP contribution in [-0.2, 0) is 19.3 Å². The van der Waals surface area contributed by atoms with Crippen molar-refractivity contribution >= 4 is 28.6 Å². The van der Waals surface area contributed by atoms with Crippen molar-refractivity contribution in [2.45, 2.75) is 49.7 Å². The first kappa shape index (κ1) is 19.1. The van der Waals surface area contributed by atoms with Crippen LogP contribution in [0.5, 0.6) is 0 Å². The Kier molecular flexibility index (Phi) is 5.76. The van der Waals surface area contributed by atoms with Crippen LogP contribution in [0.25, 0.3) is 11.0 Å². The van der Waals surface area contributed by atoms with Crippen LogP contribution in [0.3, 0.4) is 0 Å². The molecule has 0 spiro atoms. The predicted molar refractivity (Wildman–Crippen MR) is 113 cm³/mol. The summed E-state index contributed by atoms with van der Waals surface area (Å²) in [6.07, 6.45) is 10.3. The number of aromatic nitrogens is 2. The third kappa shape index (κ3) is 4.12. The van der Waals surface area contributed by atoms with Crippen molar-refractivity contribution in [3.63, 3.8) is 0 Å². The lowest BCUT2D eigenvalue weighted by Crippen LogP contribution is -2.26. The molecule has 0 saturated heterocycles. The summed E-state index contributed by atoms with van der Waals surface area (Å²) in [6, 6.07) is 7.98. The van der Waals surface area contributed by atoms with Gasteiger partial charge < -0.3 is 9.32 Å². The van der Waals surface area contributed by atoms with E-state index in [1.165, 1.54) is 32.1 Å². The first-order valence-electron chi connectivity index (χ1n) is 9.97. The molecular formula is C22H27N3O2S. The van der Waals surface area contributed by atoms with Gasteiger partial charge in [0.25, 0.3) is 5.91 Å². The molecule has 0 bridgehead atoms. The summed E-state index contributed by atoms with van der Waals surface area (Å²) in [6.45, 7) is 0.513. The molecule has 0 aliphatic heterocycles. The lowest BCUT2D eigenvalue weighted by atomic mass is 10.0. The average Bonchev–Trinajstić information content (AvgIpc) is 3.29. The van der Waals surface area contributed by atoms with Crippen molar-refractivity contribution in [3.05, 3.63) is 53.5 Å². The maximum absolute atomic E-state index is 13.2. The Hall–Kier alpha value is -2.21. The molecule has 28 heavy (non-hydrogen) atoms. The minimum atomic E-state index is -0.0701. The molecule has 0 atom stereocenters. The Morgan fingerprint density at radius 2 is 2.07 bits per heavy atom. The number of para-hydroxylation sites is 1. The first-order valence-corrected chi connectivity index (χ1v) is 11.0. The van der Waals surface area contributed by atoms with Gasteiger partial charge in [-0.2, -0.15) is 16.9 Å². The second-order valence-corrected chi connectivity index (χ2v) is 8.95. The molecule has 1 aromatic carbocycles. The first-order chi connectivity index (χ1) is 13.6. The molecule has 1 saturated carbocycles. The smallest absolute Gasteiger partial charge is 0.289 e. The molecule has 6 heteroatoms.